The lowest BCUT2D eigenvalue weighted by Gasteiger charge is -2.42. The molecule has 1 saturated carbocycles. The molecule has 0 radical (unpaired) electrons. The fourth-order valence-corrected chi connectivity index (χ4v) is 3.84. The van der Waals surface area contributed by atoms with Crippen molar-refractivity contribution in [1.29, 1.82) is 0 Å². The van der Waals surface area contributed by atoms with Crippen LogP contribution in [0.15, 0.2) is 0 Å². The third kappa shape index (κ3) is 2.32. The first-order valence-electron chi connectivity index (χ1n) is 7.72. The van der Waals surface area contributed by atoms with Crippen LogP contribution in [0.2, 0.25) is 0 Å². The average Bonchev–Trinajstić information content (AvgIpc) is 2.62. The Balaban J connectivity index is 2.19. The van der Waals surface area contributed by atoms with E-state index in [1.165, 1.54) is 4.90 Å². The zero-order chi connectivity index (χ0) is 14.9. The Bertz CT molecular complexity index is 387. The van der Waals surface area contributed by atoms with Gasteiger partial charge in [-0.25, -0.2) is 4.79 Å². The molecule has 3 atom stereocenters. The predicted octanol–water partition coefficient (Wildman–Crippen LogP) is 1.59. The molecule has 0 aromatic heterocycles. The molecule has 5 heteroatoms. The van der Waals surface area contributed by atoms with Gasteiger partial charge in [0.15, 0.2) is 0 Å². The molecule has 0 aromatic rings. The van der Waals surface area contributed by atoms with E-state index in [1.807, 2.05) is 7.05 Å². The Morgan fingerprint density at radius 2 is 1.95 bits per heavy atom. The first-order chi connectivity index (χ1) is 9.43. The smallest absolute Gasteiger partial charge is 0.323 e. The Kier molecular flexibility index (Phi) is 4.37. The molecule has 2 rings (SSSR count). The van der Waals surface area contributed by atoms with Gasteiger partial charge in [-0.05, 0) is 44.2 Å². The van der Waals surface area contributed by atoms with Gasteiger partial charge in [0.25, 0.3) is 5.91 Å². The number of nitrogens with zero attached hydrogens (tertiary/aromatic N) is 1. The van der Waals surface area contributed by atoms with E-state index in [0.717, 1.165) is 25.8 Å². The normalized spacial score (nSPS) is 35.5. The van der Waals surface area contributed by atoms with Gasteiger partial charge in [0, 0.05) is 6.54 Å². The molecule has 3 unspecified atom stereocenters. The molecular weight excluding hydrogens is 254 g/mol. The molecule has 2 aliphatic rings. The van der Waals surface area contributed by atoms with Gasteiger partial charge in [-0.15, -0.1) is 0 Å². The Labute approximate surface area is 121 Å². The van der Waals surface area contributed by atoms with Crippen molar-refractivity contribution >= 4 is 11.9 Å². The topological polar surface area (TPSA) is 61.4 Å². The van der Waals surface area contributed by atoms with Crippen molar-refractivity contribution in [3.8, 4) is 0 Å². The van der Waals surface area contributed by atoms with E-state index in [4.69, 9.17) is 0 Å². The molecule has 3 amide bonds. The van der Waals surface area contributed by atoms with Gasteiger partial charge < -0.3 is 10.6 Å². The summed E-state index contributed by atoms with van der Waals surface area (Å²) in [6.45, 7) is 7.53. The number of carbonyl (C=O) groups excluding carboxylic acids is 2. The minimum Gasteiger partial charge on any atom is -0.323 e. The molecule has 1 aliphatic heterocycles. The van der Waals surface area contributed by atoms with Gasteiger partial charge in [0.05, 0.1) is 0 Å². The monoisotopic (exact) mass is 281 g/mol. The first kappa shape index (κ1) is 15.3. The highest BCUT2D eigenvalue weighted by Gasteiger charge is 2.58. The highest BCUT2D eigenvalue weighted by Crippen LogP contribution is 2.42. The lowest BCUT2D eigenvalue weighted by atomic mass is 9.67. The molecule has 2 fully saturated rings. The molecule has 114 valence electrons. The molecule has 1 heterocycles. The average molecular weight is 281 g/mol. The molecule has 2 N–H and O–H groups in total. The second-order valence-corrected chi connectivity index (χ2v) is 6.61. The molecule has 0 aromatic carbocycles. The number of urea groups is 1. The molecule has 1 saturated heterocycles. The summed E-state index contributed by atoms with van der Waals surface area (Å²) in [5.41, 5.74) is -0.658. The van der Waals surface area contributed by atoms with Gasteiger partial charge in [0.1, 0.15) is 5.54 Å². The van der Waals surface area contributed by atoms with Crippen LogP contribution in [0.1, 0.15) is 40.0 Å². The zero-order valence-corrected chi connectivity index (χ0v) is 13.0. The van der Waals surface area contributed by atoms with E-state index in [-0.39, 0.29) is 29.7 Å². The number of rotatable bonds is 4. The second-order valence-electron chi connectivity index (χ2n) is 6.61. The van der Waals surface area contributed by atoms with Crippen LogP contribution in [-0.2, 0) is 4.79 Å². The van der Waals surface area contributed by atoms with E-state index < -0.39 is 5.54 Å². The SMILES string of the molecule is CNCC(C)CN1C(=O)NC2(C1=O)C(C)CCCC2C. The van der Waals surface area contributed by atoms with Crippen molar-refractivity contribution in [3.63, 3.8) is 0 Å². The van der Waals surface area contributed by atoms with E-state index in [2.05, 4.69) is 31.4 Å². The van der Waals surface area contributed by atoms with E-state index in [1.54, 1.807) is 0 Å². The van der Waals surface area contributed by atoms with Gasteiger partial charge in [-0.1, -0.05) is 27.2 Å². The number of carbonyl (C=O) groups is 2. The summed E-state index contributed by atoms with van der Waals surface area (Å²) in [6, 6.07) is -0.210. The summed E-state index contributed by atoms with van der Waals surface area (Å²) in [6.07, 6.45) is 3.16. The molecular formula is C15H27N3O2. The molecule has 0 bridgehead atoms. The second kappa shape index (κ2) is 5.72. The summed E-state index contributed by atoms with van der Waals surface area (Å²) in [4.78, 5) is 26.6. The summed E-state index contributed by atoms with van der Waals surface area (Å²) in [5.74, 6) is 0.684. The summed E-state index contributed by atoms with van der Waals surface area (Å²) in [5, 5.41) is 6.12. The van der Waals surface area contributed by atoms with Gasteiger partial charge in [-0.2, -0.15) is 0 Å². The van der Waals surface area contributed by atoms with E-state index in [0.29, 0.717) is 6.54 Å². The van der Waals surface area contributed by atoms with Crippen LogP contribution in [0.4, 0.5) is 4.79 Å². The number of hydrogen-bond acceptors (Lipinski definition) is 3. The van der Waals surface area contributed by atoms with Crippen molar-refractivity contribution in [1.82, 2.24) is 15.5 Å². The van der Waals surface area contributed by atoms with E-state index in [9.17, 15) is 9.59 Å². The molecule has 20 heavy (non-hydrogen) atoms. The van der Waals surface area contributed by atoms with Crippen LogP contribution in [0.25, 0.3) is 0 Å². The van der Waals surface area contributed by atoms with Crippen molar-refractivity contribution in [3.05, 3.63) is 0 Å². The summed E-state index contributed by atoms with van der Waals surface area (Å²) < 4.78 is 0. The molecule has 5 nitrogen and oxygen atoms in total. The summed E-state index contributed by atoms with van der Waals surface area (Å²) >= 11 is 0. The van der Waals surface area contributed by atoms with Crippen molar-refractivity contribution in [2.75, 3.05) is 20.1 Å². The van der Waals surface area contributed by atoms with Crippen LogP contribution in [0.3, 0.4) is 0 Å². The van der Waals surface area contributed by atoms with Gasteiger partial charge >= 0.3 is 6.03 Å². The number of imide groups is 1. The fraction of sp³-hybridized carbons (Fsp3) is 0.867. The first-order valence-corrected chi connectivity index (χ1v) is 7.72. The Morgan fingerprint density at radius 3 is 2.50 bits per heavy atom. The third-order valence-corrected chi connectivity index (χ3v) is 5.03. The van der Waals surface area contributed by atoms with Crippen LogP contribution < -0.4 is 10.6 Å². The van der Waals surface area contributed by atoms with Crippen LogP contribution in [0, 0.1) is 17.8 Å². The standard InChI is InChI=1S/C15H27N3O2/c1-10(8-16-4)9-18-13(19)15(17-14(18)20)11(2)6-5-7-12(15)3/h10-12,16H,5-9H2,1-4H3,(H,17,20). The Morgan fingerprint density at radius 1 is 1.35 bits per heavy atom. The largest absolute Gasteiger partial charge is 0.325 e. The lowest BCUT2D eigenvalue weighted by Crippen LogP contribution is -2.59. The van der Waals surface area contributed by atoms with Crippen molar-refractivity contribution < 1.29 is 9.59 Å². The highest BCUT2D eigenvalue weighted by molar-refractivity contribution is 6.07. The quantitative estimate of drug-likeness (QED) is 0.769. The van der Waals surface area contributed by atoms with Crippen molar-refractivity contribution in [2.24, 2.45) is 17.8 Å². The highest BCUT2D eigenvalue weighted by atomic mass is 16.2. The summed E-state index contributed by atoms with van der Waals surface area (Å²) in [7, 11) is 1.88. The van der Waals surface area contributed by atoms with Gasteiger partial charge in [0.2, 0.25) is 0 Å². The molecule has 1 aliphatic carbocycles. The number of amides is 3. The number of nitrogens with one attached hydrogen (secondary N) is 2. The molecule has 1 spiro atoms. The lowest BCUT2D eigenvalue weighted by molar-refractivity contribution is -0.136. The van der Waals surface area contributed by atoms with Crippen LogP contribution >= 0.6 is 0 Å². The minimum absolute atomic E-state index is 0.00912. The third-order valence-electron chi connectivity index (χ3n) is 5.03. The predicted molar refractivity (Wildman–Crippen MR) is 78.2 cm³/mol. The van der Waals surface area contributed by atoms with Crippen LogP contribution in [-0.4, -0.2) is 42.5 Å². The maximum Gasteiger partial charge on any atom is 0.325 e. The van der Waals surface area contributed by atoms with Crippen LogP contribution in [0.5, 0.6) is 0 Å². The fourth-order valence-electron chi connectivity index (χ4n) is 3.84. The van der Waals surface area contributed by atoms with E-state index >= 15 is 0 Å². The Hall–Kier alpha value is -1.10. The zero-order valence-electron chi connectivity index (χ0n) is 13.0. The maximum atomic E-state index is 12.9. The number of hydrogen-bond donors (Lipinski definition) is 2. The minimum atomic E-state index is -0.658. The van der Waals surface area contributed by atoms with Gasteiger partial charge in [-0.3, -0.25) is 9.69 Å². The maximum absolute atomic E-state index is 12.9. The van der Waals surface area contributed by atoms with Crippen molar-refractivity contribution in [2.45, 2.75) is 45.6 Å².